The van der Waals surface area contributed by atoms with Crippen LogP contribution in [0, 0.1) is 0 Å². The predicted molar refractivity (Wildman–Crippen MR) is 122 cm³/mol. The van der Waals surface area contributed by atoms with Gasteiger partial charge >= 0.3 is 5.97 Å². The van der Waals surface area contributed by atoms with Gasteiger partial charge in [0, 0.05) is 12.5 Å². The fourth-order valence-corrected chi connectivity index (χ4v) is 5.48. The maximum absolute atomic E-state index is 13.2. The smallest absolute Gasteiger partial charge is 0.325 e. The zero-order chi connectivity index (χ0) is 23.2. The van der Waals surface area contributed by atoms with E-state index in [0.29, 0.717) is 29.7 Å². The molecule has 8 heteroatoms. The summed E-state index contributed by atoms with van der Waals surface area (Å²) in [7, 11) is -2.68. The Balaban J connectivity index is 1.68. The molecule has 0 aliphatic carbocycles. The van der Waals surface area contributed by atoms with Crippen molar-refractivity contribution < 1.29 is 27.8 Å². The quantitative estimate of drug-likeness (QED) is 0.559. The molecule has 1 saturated heterocycles. The summed E-state index contributed by atoms with van der Waals surface area (Å²) in [5.41, 5.74) is 0.605. The number of carboxylic acids is 1. The molecule has 32 heavy (non-hydrogen) atoms. The Morgan fingerprint density at radius 3 is 2.31 bits per heavy atom. The van der Waals surface area contributed by atoms with Crippen molar-refractivity contribution in [1.82, 2.24) is 5.32 Å². The lowest BCUT2D eigenvalue weighted by molar-refractivity contribution is -0.139. The molecule has 2 atom stereocenters. The van der Waals surface area contributed by atoms with Crippen LogP contribution in [-0.4, -0.2) is 50.5 Å². The van der Waals surface area contributed by atoms with Crippen molar-refractivity contribution >= 4 is 15.8 Å². The van der Waals surface area contributed by atoms with E-state index in [1.165, 1.54) is 57.6 Å². The minimum atomic E-state index is -4.15. The highest BCUT2D eigenvalue weighted by Gasteiger charge is 2.47. The summed E-state index contributed by atoms with van der Waals surface area (Å²) in [6, 6.07) is 13.2. The van der Waals surface area contributed by atoms with Gasteiger partial charge in [-0.25, -0.2) is 8.42 Å². The average molecular weight is 462 g/mol. The Labute approximate surface area is 189 Å². The topological polar surface area (TPSA) is 102 Å². The standard InChI is InChI=1S/C24H31NO6S/c1-24(23(26)27,32(28,29)22-12-10-20(30-2)11-13-22)17-18-6-8-21(9-7-18)31-16-14-19-5-3-4-15-25-19/h6-13,19,25H,3-5,14-17H2,1-2H3,(H,26,27). The summed E-state index contributed by atoms with van der Waals surface area (Å²) in [6.07, 6.45) is 4.40. The molecule has 1 aliphatic heterocycles. The minimum absolute atomic E-state index is 0.0560. The summed E-state index contributed by atoms with van der Waals surface area (Å²) in [5, 5.41) is 13.3. The third kappa shape index (κ3) is 5.42. The number of nitrogens with one attached hydrogen (secondary N) is 1. The van der Waals surface area contributed by atoms with Crippen LogP contribution in [0.4, 0.5) is 0 Å². The van der Waals surface area contributed by atoms with E-state index in [1.54, 1.807) is 24.3 Å². The van der Waals surface area contributed by atoms with Crippen molar-refractivity contribution in [2.45, 2.75) is 54.7 Å². The molecule has 1 aliphatic rings. The van der Waals surface area contributed by atoms with Crippen LogP contribution >= 0.6 is 0 Å². The van der Waals surface area contributed by atoms with Gasteiger partial charge in [-0.1, -0.05) is 18.6 Å². The molecule has 0 aromatic heterocycles. The van der Waals surface area contributed by atoms with Gasteiger partial charge in [0.15, 0.2) is 14.6 Å². The Kier molecular flexibility index (Phi) is 7.79. The second-order valence-corrected chi connectivity index (χ2v) is 10.7. The third-order valence-corrected chi connectivity index (χ3v) is 8.43. The number of hydrogen-bond acceptors (Lipinski definition) is 6. The zero-order valence-corrected chi connectivity index (χ0v) is 19.4. The van der Waals surface area contributed by atoms with Crippen LogP contribution in [0.5, 0.6) is 11.5 Å². The Morgan fingerprint density at radius 1 is 1.09 bits per heavy atom. The van der Waals surface area contributed by atoms with E-state index in [-0.39, 0.29) is 11.3 Å². The predicted octanol–water partition coefficient (Wildman–Crippen LogP) is 3.47. The van der Waals surface area contributed by atoms with Crippen molar-refractivity contribution in [1.29, 1.82) is 0 Å². The SMILES string of the molecule is COc1ccc(S(=O)(=O)C(C)(Cc2ccc(OCCC3CCCCN3)cc2)C(=O)O)cc1. The van der Waals surface area contributed by atoms with Crippen molar-refractivity contribution in [2.24, 2.45) is 0 Å². The van der Waals surface area contributed by atoms with Crippen molar-refractivity contribution in [3.63, 3.8) is 0 Å². The summed E-state index contributed by atoms with van der Waals surface area (Å²) >= 11 is 0. The highest BCUT2D eigenvalue weighted by molar-refractivity contribution is 7.93. The molecule has 1 fully saturated rings. The zero-order valence-electron chi connectivity index (χ0n) is 18.5. The largest absolute Gasteiger partial charge is 0.497 e. The first-order chi connectivity index (χ1) is 15.3. The Bertz CT molecular complexity index is 998. The van der Waals surface area contributed by atoms with Crippen molar-refractivity contribution in [3.05, 3.63) is 54.1 Å². The third-order valence-electron chi connectivity index (χ3n) is 6.03. The van der Waals surface area contributed by atoms with E-state index in [2.05, 4.69) is 5.32 Å². The van der Waals surface area contributed by atoms with E-state index in [1.807, 2.05) is 0 Å². The van der Waals surface area contributed by atoms with Gasteiger partial charge in [-0.15, -0.1) is 0 Å². The molecular formula is C24H31NO6S. The van der Waals surface area contributed by atoms with Gasteiger partial charge in [-0.3, -0.25) is 4.79 Å². The number of carbonyl (C=O) groups is 1. The maximum Gasteiger partial charge on any atom is 0.325 e. The summed E-state index contributed by atoms with van der Waals surface area (Å²) in [5.74, 6) is -0.218. The van der Waals surface area contributed by atoms with Gasteiger partial charge in [0.1, 0.15) is 11.5 Å². The summed E-state index contributed by atoms with van der Waals surface area (Å²) in [4.78, 5) is 12.0. The van der Waals surface area contributed by atoms with Crippen LogP contribution in [0.15, 0.2) is 53.4 Å². The molecule has 174 valence electrons. The van der Waals surface area contributed by atoms with E-state index in [9.17, 15) is 18.3 Å². The molecular weight excluding hydrogens is 430 g/mol. The van der Waals surface area contributed by atoms with E-state index < -0.39 is 20.6 Å². The second-order valence-electron chi connectivity index (χ2n) is 8.32. The highest BCUT2D eigenvalue weighted by Crippen LogP contribution is 2.31. The first-order valence-corrected chi connectivity index (χ1v) is 12.3. The Morgan fingerprint density at radius 2 is 1.75 bits per heavy atom. The molecule has 2 aromatic rings. The number of sulfone groups is 1. The van der Waals surface area contributed by atoms with Crippen LogP contribution in [0.1, 0.15) is 38.2 Å². The van der Waals surface area contributed by atoms with Crippen LogP contribution in [0.3, 0.4) is 0 Å². The van der Waals surface area contributed by atoms with E-state index in [4.69, 9.17) is 9.47 Å². The highest BCUT2D eigenvalue weighted by atomic mass is 32.2. The number of benzene rings is 2. The molecule has 3 rings (SSSR count). The average Bonchev–Trinajstić information content (AvgIpc) is 2.80. The van der Waals surface area contributed by atoms with Crippen LogP contribution in [-0.2, 0) is 21.1 Å². The fraction of sp³-hybridized carbons (Fsp3) is 0.458. The molecule has 0 saturated carbocycles. The number of carboxylic acid groups (broad SMARTS) is 1. The molecule has 0 amide bonds. The van der Waals surface area contributed by atoms with Gasteiger partial charge in [-0.2, -0.15) is 0 Å². The number of methoxy groups -OCH3 is 1. The lowest BCUT2D eigenvalue weighted by Crippen LogP contribution is -2.45. The molecule has 7 nitrogen and oxygen atoms in total. The van der Waals surface area contributed by atoms with Gasteiger partial charge in [0.25, 0.3) is 0 Å². The van der Waals surface area contributed by atoms with E-state index in [0.717, 1.165) is 13.0 Å². The number of rotatable bonds is 10. The number of hydrogen-bond donors (Lipinski definition) is 2. The molecule has 1 heterocycles. The maximum atomic E-state index is 13.2. The molecule has 2 aromatic carbocycles. The Hall–Kier alpha value is -2.58. The first-order valence-electron chi connectivity index (χ1n) is 10.8. The van der Waals surface area contributed by atoms with Crippen molar-refractivity contribution in [3.8, 4) is 11.5 Å². The minimum Gasteiger partial charge on any atom is -0.497 e. The number of piperidine rings is 1. The van der Waals surface area contributed by atoms with Gasteiger partial charge in [0.05, 0.1) is 18.6 Å². The van der Waals surface area contributed by atoms with Gasteiger partial charge in [0.2, 0.25) is 0 Å². The van der Waals surface area contributed by atoms with Gasteiger partial charge in [-0.05, 0) is 74.7 Å². The van der Waals surface area contributed by atoms with E-state index >= 15 is 0 Å². The first kappa shape index (κ1) is 24.1. The van der Waals surface area contributed by atoms with Crippen LogP contribution in [0.2, 0.25) is 0 Å². The second kappa shape index (κ2) is 10.4. The van der Waals surface area contributed by atoms with Gasteiger partial charge < -0.3 is 19.9 Å². The summed E-state index contributed by atoms with van der Waals surface area (Å²) < 4.78 is 35.3. The molecule has 2 unspecified atom stereocenters. The molecule has 2 N–H and O–H groups in total. The summed E-state index contributed by atoms with van der Waals surface area (Å²) in [6.45, 7) is 2.90. The fourth-order valence-electron chi connectivity index (χ4n) is 3.88. The lowest BCUT2D eigenvalue weighted by atomic mass is 10.0. The van der Waals surface area contributed by atoms with Crippen LogP contribution in [0.25, 0.3) is 0 Å². The molecule has 0 bridgehead atoms. The lowest BCUT2D eigenvalue weighted by Gasteiger charge is -2.25. The monoisotopic (exact) mass is 461 g/mol. The van der Waals surface area contributed by atoms with Crippen molar-refractivity contribution in [2.75, 3.05) is 20.3 Å². The number of ether oxygens (including phenoxy) is 2. The van der Waals surface area contributed by atoms with Crippen LogP contribution < -0.4 is 14.8 Å². The number of aliphatic carboxylic acids is 1. The molecule has 0 spiro atoms. The molecule has 0 radical (unpaired) electrons. The normalized spacial score (nSPS) is 18.5.